The molecule has 5 nitrogen and oxygen atoms in total. The summed E-state index contributed by atoms with van der Waals surface area (Å²) in [7, 11) is 0. The molecule has 1 atom stereocenters. The van der Waals surface area contributed by atoms with Gasteiger partial charge in [-0.25, -0.2) is 0 Å². The fourth-order valence-electron chi connectivity index (χ4n) is 3.32. The summed E-state index contributed by atoms with van der Waals surface area (Å²) in [5.74, 6) is 0.116. The predicted molar refractivity (Wildman–Crippen MR) is 135 cm³/mol. The summed E-state index contributed by atoms with van der Waals surface area (Å²) in [5.41, 5.74) is 2.13. The number of nitrogens with zero attached hydrogens (tertiary/aromatic N) is 1. The average Bonchev–Trinajstić information content (AvgIpc) is 3.16. The summed E-state index contributed by atoms with van der Waals surface area (Å²) < 4.78 is 0. The van der Waals surface area contributed by atoms with Gasteiger partial charge >= 0.3 is 0 Å². The van der Waals surface area contributed by atoms with Crippen LogP contribution in [-0.2, 0) is 22.4 Å². The number of rotatable bonds is 9. The molecule has 2 N–H and O–H groups in total. The number of thiophene rings is 1. The molecule has 0 bridgehead atoms. The second kappa shape index (κ2) is 16.0. The Balaban J connectivity index is 0.00000227. The highest BCUT2D eigenvalue weighted by Crippen LogP contribution is 2.39. The summed E-state index contributed by atoms with van der Waals surface area (Å²) in [5, 5.41) is 22.4. The lowest BCUT2D eigenvalue weighted by Crippen LogP contribution is -2.21. The normalized spacial score (nSPS) is 14.4. The van der Waals surface area contributed by atoms with Crippen LogP contribution < -0.4 is 5.32 Å². The van der Waals surface area contributed by atoms with Crippen molar-refractivity contribution in [3.05, 3.63) is 52.6 Å². The molecule has 0 aromatic carbocycles. The first-order chi connectivity index (χ1) is 15.4. The largest absolute Gasteiger partial charge is 0.508 e. The zero-order chi connectivity index (χ0) is 24.7. The lowest BCUT2D eigenvalue weighted by molar-refractivity contribution is -0.123. The molecule has 1 aliphatic carbocycles. The first-order valence-corrected chi connectivity index (χ1v) is 12.3. The minimum Gasteiger partial charge on any atom is -0.508 e. The van der Waals surface area contributed by atoms with Crippen LogP contribution in [0, 0.1) is 17.2 Å². The van der Waals surface area contributed by atoms with Crippen molar-refractivity contribution in [2.45, 2.75) is 79.6 Å². The average molecular weight is 459 g/mol. The second-order valence-corrected chi connectivity index (χ2v) is 8.06. The fourth-order valence-corrected chi connectivity index (χ4v) is 4.62. The van der Waals surface area contributed by atoms with Crippen LogP contribution in [0.1, 0.15) is 82.7 Å². The summed E-state index contributed by atoms with van der Waals surface area (Å²) in [6.07, 6.45) is 6.94. The van der Waals surface area contributed by atoms with Gasteiger partial charge in [0.25, 0.3) is 0 Å². The SMILES string of the molecule is C=C/C(O)=C\C(=C)CCC(=O)Nc1sc2c(c1C#N)CCC(C(=O)CCC)C2.CC.CC. The van der Waals surface area contributed by atoms with E-state index in [4.69, 9.17) is 0 Å². The van der Waals surface area contributed by atoms with Crippen molar-refractivity contribution in [3.8, 4) is 6.07 Å². The minimum absolute atomic E-state index is 0.00952. The number of ketones is 1. The fraction of sp³-hybridized carbons (Fsp3) is 0.500. The molecule has 1 heterocycles. The molecule has 0 aliphatic heterocycles. The molecule has 0 radical (unpaired) electrons. The molecule has 1 amide bonds. The summed E-state index contributed by atoms with van der Waals surface area (Å²) in [6.45, 7) is 17.3. The molecule has 176 valence electrons. The summed E-state index contributed by atoms with van der Waals surface area (Å²) in [4.78, 5) is 25.6. The van der Waals surface area contributed by atoms with Crippen LogP contribution in [0.25, 0.3) is 0 Å². The number of hydrogen-bond donors (Lipinski definition) is 2. The molecule has 2 rings (SSSR count). The van der Waals surface area contributed by atoms with E-state index < -0.39 is 0 Å². The van der Waals surface area contributed by atoms with Crippen molar-refractivity contribution >= 4 is 28.0 Å². The van der Waals surface area contributed by atoms with Crippen LogP contribution in [0.5, 0.6) is 0 Å². The maximum Gasteiger partial charge on any atom is 0.225 e. The molecule has 0 fully saturated rings. The molecule has 6 heteroatoms. The van der Waals surface area contributed by atoms with Gasteiger partial charge in [0.1, 0.15) is 22.6 Å². The zero-order valence-corrected chi connectivity index (χ0v) is 21.0. The number of anilines is 1. The van der Waals surface area contributed by atoms with Gasteiger partial charge in [-0.2, -0.15) is 5.26 Å². The Kier molecular flexibility index (Phi) is 14.7. The van der Waals surface area contributed by atoms with Crippen LogP contribution in [-0.4, -0.2) is 16.8 Å². The van der Waals surface area contributed by atoms with E-state index in [1.807, 2.05) is 34.6 Å². The minimum atomic E-state index is -0.207. The monoisotopic (exact) mass is 458 g/mol. The maximum absolute atomic E-state index is 12.3. The van der Waals surface area contributed by atoms with Gasteiger partial charge in [-0.15, -0.1) is 11.3 Å². The quantitative estimate of drug-likeness (QED) is 0.306. The summed E-state index contributed by atoms with van der Waals surface area (Å²) in [6, 6.07) is 2.22. The molecular weight excluding hydrogens is 420 g/mol. The number of carbonyl (C=O) groups excluding carboxylic acids is 2. The van der Waals surface area contributed by atoms with Crippen molar-refractivity contribution in [2.75, 3.05) is 5.32 Å². The first-order valence-electron chi connectivity index (χ1n) is 11.5. The van der Waals surface area contributed by atoms with Crippen LogP contribution in [0.3, 0.4) is 0 Å². The van der Waals surface area contributed by atoms with E-state index >= 15 is 0 Å². The Morgan fingerprint density at radius 3 is 2.47 bits per heavy atom. The van der Waals surface area contributed by atoms with E-state index in [-0.39, 0.29) is 24.0 Å². The first kappa shape index (κ1) is 29.4. The molecule has 1 aromatic rings. The molecule has 32 heavy (non-hydrogen) atoms. The number of aliphatic hydroxyl groups excluding tert-OH is 1. The van der Waals surface area contributed by atoms with Crippen molar-refractivity contribution in [1.29, 1.82) is 5.26 Å². The second-order valence-electron chi connectivity index (χ2n) is 6.96. The van der Waals surface area contributed by atoms with Gasteiger partial charge in [-0.05, 0) is 49.8 Å². The Morgan fingerprint density at radius 2 is 1.91 bits per heavy atom. The summed E-state index contributed by atoms with van der Waals surface area (Å²) >= 11 is 1.41. The van der Waals surface area contributed by atoms with Crippen LogP contribution in [0.4, 0.5) is 5.00 Å². The Bertz CT molecular complexity index is 859. The number of nitriles is 1. The molecule has 1 aliphatic rings. The van der Waals surface area contributed by atoms with Gasteiger partial charge in [-0.3, -0.25) is 9.59 Å². The van der Waals surface area contributed by atoms with Crippen LogP contribution >= 0.6 is 11.3 Å². The van der Waals surface area contributed by atoms with Crippen molar-refractivity contribution in [3.63, 3.8) is 0 Å². The standard InChI is InChI=1S/C22H26N2O3S.2C2H6/c1-4-6-19(26)15-8-9-17-18(13-23)22(28-20(17)12-15)24-21(27)10-7-14(3)11-16(25)5-2;2*1-2/h5,11,15,25H,2-4,6-10,12H2,1H3,(H,24,27);2*1-2H3/b16-11+;;. The smallest absolute Gasteiger partial charge is 0.225 e. The highest BCUT2D eigenvalue weighted by atomic mass is 32.1. The van der Waals surface area contributed by atoms with Gasteiger partial charge in [0.2, 0.25) is 5.91 Å². The number of carbonyl (C=O) groups is 2. The highest BCUT2D eigenvalue weighted by Gasteiger charge is 2.29. The van der Waals surface area contributed by atoms with Crippen molar-refractivity contribution in [2.24, 2.45) is 5.92 Å². The molecule has 0 saturated carbocycles. The number of Topliss-reactive ketones (excluding diaryl/α,β-unsaturated/α-hetero) is 1. The zero-order valence-electron chi connectivity index (χ0n) is 20.2. The topological polar surface area (TPSA) is 90.2 Å². The number of nitrogens with one attached hydrogen (secondary N) is 1. The van der Waals surface area contributed by atoms with E-state index in [9.17, 15) is 20.0 Å². The lowest BCUT2D eigenvalue weighted by atomic mass is 9.83. The van der Waals surface area contributed by atoms with Crippen molar-refractivity contribution in [1.82, 2.24) is 0 Å². The van der Waals surface area contributed by atoms with Gasteiger partial charge in [0.15, 0.2) is 0 Å². The van der Waals surface area contributed by atoms with Gasteiger partial charge in [0, 0.05) is 23.6 Å². The van der Waals surface area contributed by atoms with E-state index in [2.05, 4.69) is 24.5 Å². The molecule has 0 spiro atoms. The van der Waals surface area contributed by atoms with Crippen molar-refractivity contribution < 1.29 is 14.7 Å². The number of hydrogen-bond acceptors (Lipinski definition) is 5. The number of amides is 1. The highest BCUT2D eigenvalue weighted by molar-refractivity contribution is 7.16. The maximum atomic E-state index is 12.3. The predicted octanol–water partition coefficient (Wildman–Crippen LogP) is 7.05. The van der Waals surface area contributed by atoms with E-state index in [0.717, 1.165) is 23.3 Å². The Hall–Kier alpha value is -2.65. The van der Waals surface area contributed by atoms with E-state index in [0.29, 0.717) is 47.6 Å². The Labute approximate surface area is 197 Å². The molecule has 0 saturated heterocycles. The van der Waals surface area contributed by atoms with Gasteiger partial charge < -0.3 is 10.4 Å². The lowest BCUT2D eigenvalue weighted by Gasteiger charge is -2.20. The Morgan fingerprint density at radius 1 is 1.25 bits per heavy atom. The van der Waals surface area contributed by atoms with E-state index in [1.165, 1.54) is 23.5 Å². The number of fused-ring (bicyclic) bond motifs is 1. The number of aliphatic hydroxyl groups is 1. The van der Waals surface area contributed by atoms with E-state index in [1.54, 1.807) is 0 Å². The third-order valence-electron chi connectivity index (χ3n) is 4.82. The van der Waals surface area contributed by atoms with Crippen LogP contribution in [0.2, 0.25) is 0 Å². The van der Waals surface area contributed by atoms with Crippen LogP contribution in [0.15, 0.2) is 36.6 Å². The third-order valence-corrected chi connectivity index (χ3v) is 5.99. The van der Waals surface area contributed by atoms with Gasteiger partial charge in [0.05, 0.1) is 5.56 Å². The van der Waals surface area contributed by atoms with Gasteiger partial charge in [-0.1, -0.05) is 53.3 Å². The molecule has 1 unspecified atom stereocenters. The third kappa shape index (κ3) is 8.84. The molecule has 1 aromatic heterocycles. The number of allylic oxidation sites excluding steroid dienone is 3. The molecular formula is C26H38N2O3S.